The van der Waals surface area contributed by atoms with Crippen LogP contribution < -0.4 is 10.0 Å². The molecule has 0 saturated heterocycles. The number of thiazole rings is 1. The number of benzene rings is 2. The Kier molecular flexibility index (Phi) is 6.17. The molecule has 1 amide bonds. The van der Waals surface area contributed by atoms with E-state index in [2.05, 4.69) is 15.0 Å². The predicted octanol–water partition coefficient (Wildman–Crippen LogP) is 4.74. The van der Waals surface area contributed by atoms with E-state index >= 15 is 0 Å². The molecule has 0 atom stereocenters. The predicted molar refractivity (Wildman–Crippen MR) is 123 cm³/mol. The molecular formula is C21H16ClN3O5S2. The van der Waals surface area contributed by atoms with E-state index in [0.29, 0.717) is 21.5 Å². The van der Waals surface area contributed by atoms with Gasteiger partial charge in [0.2, 0.25) is 5.91 Å². The van der Waals surface area contributed by atoms with Crippen LogP contribution in [0.25, 0.3) is 10.8 Å². The van der Waals surface area contributed by atoms with E-state index < -0.39 is 15.9 Å². The second-order valence-corrected chi connectivity index (χ2v) is 9.62. The van der Waals surface area contributed by atoms with Crippen molar-refractivity contribution < 1.29 is 22.7 Å². The molecular weight excluding hydrogens is 474 g/mol. The quantitative estimate of drug-likeness (QED) is 0.322. The van der Waals surface area contributed by atoms with Gasteiger partial charge in [-0.3, -0.25) is 9.52 Å². The average molecular weight is 490 g/mol. The van der Waals surface area contributed by atoms with Crippen molar-refractivity contribution in [3.05, 3.63) is 77.0 Å². The van der Waals surface area contributed by atoms with E-state index in [-0.39, 0.29) is 28.4 Å². The first-order valence-electron chi connectivity index (χ1n) is 9.20. The Balaban J connectivity index is 1.48. The van der Waals surface area contributed by atoms with Crippen molar-refractivity contribution in [1.82, 2.24) is 4.98 Å². The SMILES string of the molecule is O=C(Cc1csc(-c2ccco2)n1)Nc1cc(S(=O)(=O)Nc2cccc(Cl)c2)ccc1O. The number of carbonyl (C=O) groups excluding carboxylic acids is 1. The Morgan fingerprint density at radius 2 is 2.00 bits per heavy atom. The molecule has 4 aromatic rings. The van der Waals surface area contributed by atoms with Crippen LogP contribution in [0.1, 0.15) is 5.69 Å². The summed E-state index contributed by atoms with van der Waals surface area (Å²) in [6, 6.07) is 13.4. The summed E-state index contributed by atoms with van der Waals surface area (Å²) in [6.45, 7) is 0. The van der Waals surface area contributed by atoms with Gasteiger partial charge in [0.05, 0.1) is 34.6 Å². The minimum Gasteiger partial charge on any atom is -0.506 e. The maximum absolute atomic E-state index is 12.7. The van der Waals surface area contributed by atoms with Gasteiger partial charge in [-0.25, -0.2) is 13.4 Å². The number of nitrogens with one attached hydrogen (secondary N) is 2. The number of furan rings is 1. The van der Waals surface area contributed by atoms with Crippen molar-refractivity contribution in [3.8, 4) is 16.5 Å². The molecule has 3 N–H and O–H groups in total. The number of halogens is 1. The molecule has 2 aromatic carbocycles. The summed E-state index contributed by atoms with van der Waals surface area (Å²) in [5.41, 5.74) is 0.766. The van der Waals surface area contributed by atoms with Crippen LogP contribution in [0.2, 0.25) is 5.02 Å². The van der Waals surface area contributed by atoms with E-state index in [1.807, 2.05) is 0 Å². The molecule has 0 aliphatic rings. The molecule has 0 aliphatic heterocycles. The number of hydrogen-bond donors (Lipinski definition) is 3. The number of aromatic hydroxyl groups is 1. The molecule has 32 heavy (non-hydrogen) atoms. The monoisotopic (exact) mass is 489 g/mol. The number of sulfonamides is 1. The Morgan fingerprint density at radius 3 is 2.75 bits per heavy atom. The molecule has 164 valence electrons. The van der Waals surface area contributed by atoms with E-state index in [9.17, 15) is 18.3 Å². The molecule has 0 unspecified atom stereocenters. The summed E-state index contributed by atoms with van der Waals surface area (Å²) in [5.74, 6) is -0.132. The topological polar surface area (TPSA) is 122 Å². The van der Waals surface area contributed by atoms with Gasteiger partial charge >= 0.3 is 0 Å². The van der Waals surface area contributed by atoms with Crippen LogP contribution in [0.3, 0.4) is 0 Å². The van der Waals surface area contributed by atoms with Gasteiger partial charge in [0, 0.05) is 10.4 Å². The number of aromatic nitrogens is 1. The van der Waals surface area contributed by atoms with Crippen LogP contribution in [0, 0.1) is 0 Å². The zero-order valence-corrected chi connectivity index (χ0v) is 18.7. The normalized spacial score (nSPS) is 11.3. The Bertz CT molecular complexity index is 1370. The van der Waals surface area contributed by atoms with Crippen molar-refractivity contribution in [2.45, 2.75) is 11.3 Å². The summed E-state index contributed by atoms with van der Waals surface area (Å²) in [7, 11) is -3.98. The van der Waals surface area contributed by atoms with Crippen LogP contribution in [0.15, 0.2) is 75.6 Å². The fraction of sp³-hybridized carbons (Fsp3) is 0.0476. The van der Waals surface area contributed by atoms with Crippen molar-refractivity contribution in [2.24, 2.45) is 0 Å². The van der Waals surface area contributed by atoms with Gasteiger partial charge in [-0.15, -0.1) is 11.3 Å². The highest BCUT2D eigenvalue weighted by Crippen LogP contribution is 2.29. The fourth-order valence-corrected chi connectivity index (χ4v) is 4.86. The standard InChI is InChI=1S/C21H16ClN3O5S2/c22-13-3-1-4-14(9-13)25-32(28,29)16-6-7-18(26)17(11-16)24-20(27)10-15-12-31-21(23-15)19-5-2-8-30-19/h1-9,11-12,25-26H,10H2,(H,24,27). The molecule has 0 saturated carbocycles. The Hall–Kier alpha value is -3.34. The molecule has 0 radical (unpaired) electrons. The summed E-state index contributed by atoms with van der Waals surface area (Å²) in [5, 5.41) is 15.4. The van der Waals surface area contributed by atoms with Gasteiger partial charge < -0.3 is 14.8 Å². The van der Waals surface area contributed by atoms with Crippen molar-refractivity contribution in [3.63, 3.8) is 0 Å². The van der Waals surface area contributed by atoms with E-state index in [1.165, 1.54) is 41.9 Å². The van der Waals surface area contributed by atoms with Crippen molar-refractivity contribution >= 4 is 50.2 Å². The molecule has 0 spiro atoms. The second-order valence-electron chi connectivity index (χ2n) is 6.64. The molecule has 0 aliphatic carbocycles. The van der Waals surface area contributed by atoms with Crippen molar-refractivity contribution in [2.75, 3.05) is 10.0 Å². The van der Waals surface area contributed by atoms with E-state index in [4.69, 9.17) is 16.0 Å². The number of hydrogen-bond acceptors (Lipinski definition) is 7. The lowest BCUT2D eigenvalue weighted by Gasteiger charge is -2.11. The zero-order chi connectivity index (χ0) is 22.7. The first-order chi connectivity index (χ1) is 15.3. The highest BCUT2D eigenvalue weighted by Gasteiger charge is 2.18. The minimum absolute atomic E-state index is 0.0366. The zero-order valence-electron chi connectivity index (χ0n) is 16.3. The highest BCUT2D eigenvalue weighted by molar-refractivity contribution is 7.92. The van der Waals surface area contributed by atoms with Gasteiger partial charge in [0.15, 0.2) is 10.8 Å². The largest absolute Gasteiger partial charge is 0.506 e. The van der Waals surface area contributed by atoms with E-state index in [1.54, 1.807) is 35.7 Å². The van der Waals surface area contributed by atoms with Gasteiger partial charge in [0.25, 0.3) is 10.0 Å². The van der Waals surface area contributed by atoms with Crippen LogP contribution in [0.5, 0.6) is 5.75 Å². The van der Waals surface area contributed by atoms with Gasteiger partial charge in [-0.05, 0) is 48.5 Å². The van der Waals surface area contributed by atoms with Crippen LogP contribution >= 0.6 is 22.9 Å². The number of anilines is 2. The average Bonchev–Trinajstić information content (AvgIpc) is 3.41. The Labute approximate surface area is 192 Å². The minimum atomic E-state index is -3.98. The van der Waals surface area contributed by atoms with Gasteiger partial charge in [0.1, 0.15) is 5.75 Å². The van der Waals surface area contributed by atoms with Crippen LogP contribution in [0.4, 0.5) is 11.4 Å². The first-order valence-corrected chi connectivity index (χ1v) is 11.9. The molecule has 8 nitrogen and oxygen atoms in total. The smallest absolute Gasteiger partial charge is 0.261 e. The number of amides is 1. The second kappa shape index (κ2) is 9.03. The molecule has 0 fully saturated rings. The van der Waals surface area contributed by atoms with E-state index in [0.717, 1.165) is 0 Å². The van der Waals surface area contributed by atoms with Crippen molar-refractivity contribution in [1.29, 1.82) is 0 Å². The first kappa shape index (κ1) is 21.9. The van der Waals surface area contributed by atoms with Gasteiger partial charge in [-0.1, -0.05) is 17.7 Å². The third kappa shape index (κ3) is 5.10. The number of nitrogens with zero attached hydrogens (tertiary/aromatic N) is 1. The number of phenols is 1. The third-order valence-electron chi connectivity index (χ3n) is 4.25. The lowest BCUT2D eigenvalue weighted by Crippen LogP contribution is -2.16. The number of phenolic OH excluding ortho intramolecular Hbond substituents is 1. The third-order valence-corrected chi connectivity index (χ3v) is 6.77. The van der Waals surface area contributed by atoms with Crippen LogP contribution in [-0.4, -0.2) is 24.4 Å². The summed E-state index contributed by atoms with van der Waals surface area (Å²) in [6.07, 6.45) is 1.47. The van der Waals surface area contributed by atoms with Gasteiger partial charge in [-0.2, -0.15) is 0 Å². The summed E-state index contributed by atoms with van der Waals surface area (Å²) < 4.78 is 33.1. The molecule has 11 heteroatoms. The lowest BCUT2D eigenvalue weighted by atomic mass is 10.2. The van der Waals surface area contributed by atoms with Crippen LogP contribution in [-0.2, 0) is 21.2 Å². The maximum Gasteiger partial charge on any atom is 0.261 e. The summed E-state index contributed by atoms with van der Waals surface area (Å²) in [4.78, 5) is 16.7. The number of rotatable bonds is 7. The highest BCUT2D eigenvalue weighted by atomic mass is 35.5. The summed E-state index contributed by atoms with van der Waals surface area (Å²) >= 11 is 7.23. The Morgan fingerprint density at radius 1 is 1.16 bits per heavy atom. The molecule has 0 bridgehead atoms. The molecule has 2 aromatic heterocycles. The fourth-order valence-electron chi connectivity index (χ4n) is 2.81. The molecule has 4 rings (SSSR count). The maximum atomic E-state index is 12.7. The molecule has 2 heterocycles. The number of carbonyl (C=O) groups is 1. The lowest BCUT2D eigenvalue weighted by molar-refractivity contribution is -0.115.